The minimum atomic E-state index is -4.78. The highest BCUT2D eigenvalue weighted by Crippen LogP contribution is 2.31. The van der Waals surface area contributed by atoms with Gasteiger partial charge in [0.1, 0.15) is 6.04 Å². The summed E-state index contributed by atoms with van der Waals surface area (Å²) in [6.45, 7) is 0.163. The van der Waals surface area contributed by atoms with Crippen LogP contribution < -0.4 is 5.48 Å². The highest BCUT2D eigenvalue weighted by molar-refractivity contribution is 7.80. The van der Waals surface area contributed by atoms with Crippen molar-refractivity contribution in [2.24, 2.45) is 0 Å². The van der Waals surface area contributed by atoms with E-state index < -0.39 is 34.4 Å². The molecule has 2 aliphatic heterocycles. The molecule has 124 valence electrons. The summed E-state index contributed by atoms with van der Waals surface area (Å²) in [4.78, 5) is 30.7. The Morgan fingerprint density at radius 3 is 2.59 bits per heavy atom. The molecule has 2 atom stereocenters. The Labute approximate surface area is 127 Å². The minimum absolute atomic E-state index is 0.0222. The minimum Gasteiger partial charge on any atom is -0.309 e. The summed E-state index contributed by atoms with van der Waals surface area (Å²) < 4.78 is 34.5. The molecule has 0 aromatic heterocycles. The van der Waals surface area contributed by atoms with Crippen LogP contribution in [0.2, 0.25) is 0 Å². The number of nitrogens with one attached hydrogen (secondary N) is 1. The molecule has 3 fully saturated rings. The fourth-order valence-corrected chi connectivity index (χ4v) is 3.19. The van der Waals surface area contributed by atoms with Crippen molar-refractivity contribution in [1.82, 2.24) is 15.4 Å². The third-order valence-corrected chi connectivity index (χ3v) is 4.53. The van der Waals surface area contributed by atoms with E-state index in [-0.39, 0.29) is 12.6 Å². The van der Waals surface area contributed by atoms with Gasteiger partial charge in [0.05, 0.1) is 12.1 Å². The van der Waals surface area contributed by atoms with Crippen LogP contribution in [0.25, 0.3) is 0 Å². The summed E-state index contributed by atoms with van der Waals surface area (Å²) in [7, 11) is -4.78. The van der Waals surface area contributed by atoms with E-state index in [0.29, 0.717) is 17.9 Å². The zero-order chi connectivity index (χ0) is 15.9. The Balaban J connectivity index is 1.62. The third kappa shape index (κ3) is 3.02. The van der Waals surface area contributed by atoms with Crippen LogP contribution in [0, 0.1) is 0 Å². The molecular weight excluding hydrogens is 318 g/mol. The number of fused-ring (bicyclic) bond motifs is 2. The van der Waals surface area contributed by atoms with Crippen LogP contribution in [0.15, 0.2) is 0 Å². The number of urea groups is 1. The first-order chi connectivity index (χ1) is 10.3. The van der Waals surface area contributed by atoms with Gasteiger partial charge in [-0.15, -0.1) is 4.28 Å². The predicted octanol–water partition coefficient (Wildman–Crippen LogP) is -0.410. The van der Waals surface area contributed by atoms with Crippen LogP contribution in [-0.2, 0) is 24.3 Å². The number of hydroxylamine groups is 3. The van der Waals surface area contributed by atoms with Crippen molar-refractivity contribution in [3.05, 3.63) is 0 Å². The first-order valence-corrected chi connectivity index (χ1v) is 8.44. The monoisotopic (exact) mass is 335 g/mol. The largest absolute Gasteiger partial charge is 0.418 e. The number of nitrogens with zero attached hydrogens (tertiary/aromatic N) is 2. The fraction of sp³-hybridized carbons (Fsp3) is 0.818. The maximum atomic E-state index is 12.1. The number of piperidine rings is 1. The molecule has 0 aromatic carbocycles. The van der Waals surface area contributed by atoms with Crippen molar-refractivity contribution < 1.29 is 31.7 Å². The molecule has 2 N–H and O–H groups in total. The molecule has 3 aliphatic rings. The van der Waals surface area contributed by atoms with Crippen LogP contribution >= 0.6 is 0 Å². The summed E-state index contributed by atoms with van der Waals surface area (Å²) in [6, 6.07) is -2.01. The molecule has 1 saturated carbocycles. The van der Waals surface area contributed by atoms with Gasteiger partial charge in [0.25, 0.3) is 5.91 Å². The second-order valence-corrected chi connectivity index (χ2v) is 6.65. The molecule has 3 rings (SSSR count). The van der Waals surface area contributed by atoms with Crippen LogP contribution in [0.3, 0.4) is 0 Å². The Morgan fingerprint density at radius 2 is 2.00 bits per heavy atom. The van der Waals surface area contributed by atoms with Gasteiger partial charge in [-0.1, -0.05) is 0 Å². The number of carbonyl (C=O) groups excluding carboxylic acids is 2. The highest BCUT2D eigenvalue weighted by Gasteiger charge is 2.49. The summed E-state index contributed by atoms with van der Waals surface area (Å²) in [6.07, 6.45) is 3.63. The summed E-state index contributed by atoms with van der Waals surface area (Å²) in [5.41, 5.74) is 2.36. The highest BCUT2D eigenvalue weighted by atomic mass is 32.3. The zero-order valence-corrected chi connectivity index (χ0v) is 12.5. The van der Waals surface area contributed by atoms with Crippen molar-refractivity contribution in [2.45, 2.75) is 50.3 Å². The van der Waals surface area contributed by atoms with E-state index in [0.717, 1.165) is 19.3 Å². The van der Waals surface area contributed by atoms with Crippen LogP contribution in [0.4, 0.5) is 4.79 Å². The smallest absolute Gasteiger partial charge is 0.309 e. The van der Waals surface area contributed by atoms with Crippen molar-refractivity contribution in [3.63, 3.8) is 0 Å². The van der Waals surface area contributed by atoms with Crippen molar-refractivity contribution >= 4 is 22.3 Å². The Hall–Kier alpha value is -1.43. The van der Waals surface area contributed by atoms with E-state index in [1.54, 1.807) is 0 Å². The first-order valence-electron chi connectivity index (χ1n) is 7.07. The van der Waals surface area contributed by atoms with Crippen LogP contribution in [0.1, 0.15) is 32.1 Å². The van der Waals surface area contributed by atoms with Gasteiger partial charge in [-0.3, -0.25) is 14.2 Å². The lowest BCUT2D eigenvalue weighted by molar-refractivity contribution is -0.148. The number of hydrogen-bond acceptors (Lipinski definition) is 6. The molecule has 22 heavy (non-hydrogen) atoms. The number of hydrogen-bond donors (Lipinski definition) is 2. The van der Waals surface area contributed by atoms with E-state index in [1.807, 2.05) is 0 Å². The average Bonchev–Trinajstić information content (AvgIpc) is 2.61. The summed E-state index contributed by atoms with van der Waals surface area (Å²) >= 11 is 0. The number of rotatable bonds is 5. The molecule has 11 heteroatoms. The lowest BCUT2D eigenvalue weighted by Gasteiger charge is -2.30. The van der Waals surface area contributed by atoms with Crippen molar-refractivity contribution in [2.75, 3.05) is 6.54 Å². The van der Waals surface area contributed by atoms with Crippen molar-refractivity contribution in [1.29, 1.82) is 0 Å². The van der Waals surface area contributed by atoms with E-state index in [1.165, 1.54) is 4.90 Å². The molecule has 0 aromatic rings. The molecule has 10 nitrogen and oxygen atoms in total. The molecular formula is C11H17N3O7S. The van der Waals surface area contributed by atoms with Gasteiger partial charge < -0.3 is 4.90 Å². The SMILES string of the molecule is O=C(NOC1CCC1)[C@H]1CC[C@H]2CN1C(=O)N2OS(=O)(=O)O. The molecule has 0 spiro atoms. The Kier molecular flexibility index (Phi) is 3.97. The first kappa shape index (κ1) is 15.5. The maximum absolute atomic E-state index is 12.1. The third-order valence-electron chi connectivity index (χ3n) is 4.18. The van der Waals surface area contributed by atoms with Gasteiger partial charge in [-0.05, 0) is 32.1 Å². The van der Waals surface area contributed by atoms with E-state index in [9.17, 15) is 18.0 Å². The summed E-state index contributed by atoms with van der Waals surface area (Å²) in [5, 5.41) is 0.607. The van der Waals surface area contributed by atoms with E-state index in [4.69, 9.17) is 9.39 Å². The van der Waals surface area contributed by atoms with Gasteiger partial charge in [0, 0.05) is 6.54 Å². The summed E-state index contributed by atoms with van der Waals surface area (Å²) in [5.74, 6) is -0.438. The Bertz CT molecular complexity index is 576. The average molecular weight is 335 g/mol. The standard InChI is InChI=1S/C11H17N3O7S/c15-10(12-20-8-2-1-3-8)9-5-4-7-6-13(9)11(16)14(7)21-22(17,18)19/h7-9H,1-6H2,(H,12,15)(H,17,18,19)/t7-,9+/m0/s1. The molecule has 0 radical (unpaired) electrons. The number of amides is 3. The lowest BCUT2D eigenvalue weighted by atomic mass is 9.97. The number of carbonyl (C=O) groups is 2. The second-order valence-electron chi connectivity index (χ2n) is 5.65. The molecule has 2 bridgehead atoms. The molecule has 0 unspecified atom stereocenters. The van der Waals surface area contributed by atoms with Crippen molar-refractivity contribution in [3.8, 4) is 0 Å². The van der Waals surface area contributed by atoms with Crippen LogP contribution in [-0.4, -0.2) is 59.6 Å². The quantitative estimate of drug-likeness (QED) is 0.517. The predicted molar refractivity (Wildman–Crippen MR) is 70.3 cm³/mol. The van der Waals surface area contributed by atoms with E-state index in [2.05, 4.69) is 9.76 Å². The van der Waals surface area contributed by atoms with Gasteiger partial charge in [0.15, 0.2) is 0 Å². The fourth-order valence-electron chi connectivity index (χ4n) is 2.80. The van der Waals surface area contributed by atoms with E-state index >= 15 is 0 Å². The van der Waals surface area contributed by atoms with Gasteiger partial charge in [0.2, 0.25) is 0 Å². The normalized spacial score (nSPS) is 28.7. The van der Waals surface area contributed by atoms with Crippen LogP contribution in [0.5, 0.6) is 0 Å². The Morgan fingerprint density at radius 1 is 1.27 bits per heavy atom. The van der Waals surface area contributed by atoms with Gasteiger partial charge in [-0.25, -0.2) is 10.3 Å². The maximum Gasteiger partial charge on any atom is 0.418 e. The molecule has 2 saturated heterocycles. The topological polar surface area (TPSA) is 125 Å². The van der Waals surface area contributed by atoms with Gasteiger partial charge >= 0.3 is 16.4 Å². The molecule has 3 amide bonds. The molecule has 1 aliphatic carbocycles. The second kappa shape index (κ2) is 5.65. The van der Waals surface area contributed by atoms with Gasteiger partial charge in [-0.2, -0.15) is 13.5 Å². The lowest BCUT2D eigenvalue weighted by Crippen LogP contribution is -2.50. The molecule has 2 heterocycles. The zero-order valence-electron chi connectivity index (χ0n) is 11.7.